The normalized spacial score (nSPS) is 12.4. The summed E-state index contributed by atoms with van der Waals surface area (Å²) in [5, 5.41) is 3.79. The van der Waals surface area contributed by atoms with E-state index < -0.39 is 6.17 Å². The van der Waals surface area contributed by atoms with Crippen LogP contribution in [-0.4, -0.2) is 17.3 Å². The maximum Gasteiger partial charge on any atom is 0.240 e. The van der Waals surface area contributed by atoms with Gasteiger partial charge in [-0.15, -0.1) is 0 Å². The van der Waals surface area contributed by atoms with Crippen molar-refractivity contribution in [1.82, 2.24) is 10.1 Å². The van der Waals surface area contributed by atoms with Crippen LogP contribution in [-0.2, 0) is 6.54 Å². The van der Waals surface area contributed by atoms with Crippen LogP contribution in [0.2, 0.25) is 0 Å². The summed E-state index contributed by atoms with van der Waals surface area (Å²) in [5.74, 6) is 1.08. The molecule has 2 rings (SSSR count). The second kappa shape index (κ2) is 5.14. The molecule has 2 aromatic rings. The minimum absolute atomic E-state index is 0.150. The molecule has 1 heterocycles. The minimum atomic E-state index is -1.20. The Morgan fingerprint density at radius 3 is 2.83 bits per heavy atom. The molecule has 1 aromatic carbocycles. The van der Waals surface area contributed by atoms with Crippen molar-refractivity contribution >= 4 is 0 Å². The second-order valence-corrected chi connectivity index (χ2v) is 3.75. The van der Waals surface area contributed by atoms with E-state index in [9.17, 15) is 4.39 Å². The van der Waals surface area contributed by atoms with E-state index in [2.05, 4.69) is 10.1 Å². The van der Waals surface area contributed by atoms with Crippen LogP contribution in [0.4, 0.5) is 4.39 Å². The Hall–Kier alpha value is -1.95. The number of alkyl halides is 1. The van der Waals surface area contributed by atoms with Crippen LogP contribution in [0.5, 0.6) is 5.75 Å². The van der Waals surface area contributed by atoms with E-state index in [-0.39, 0.29) is 6.54 Å². The number of halogens is 1. The molecular weight excluding hydrogens is 237 g/mol. The molecule has 0 spiro atoms. The van der Waals surface area contributed by atoms with Crippen molar-refractivity contribution in [3.05, 3.63) is 29.7 Å². The highest BCUT2D eigenvalue weighted by atomic mass is 19.1. The van der Waals surface area contributed by atoms with Crippen molar-refractivity contribution in [3.8, 4) is 17.1 Å². The highest BCUT2D eigenvalue weighted by Gasteiger charge is 2.19. The third-order valence-corrected chi connectivity index (χ3v) is 2.57. The minimum Gasteiger partial charge on any atom is -0.496 e. The zero-order valence-corrected chi connectivity index (χ0v) is 10.2. The first kappa shape index (κ1) is 12.5. The van der Waals surface area contributed by atoms with Gasteiger partial charge in [0.05, 0.1) is 13.7 Å². The summed E-state index contributed by atoms with van der Waals surface area (Å²) in [5.41, 5.74) is 6.36. The fourth-order valence-corrected chi connectivity index (χ4v) is 1.77. The molecule has 5 nitrogen and oxygen atoms in total. The van der Waals surface area contributed by atoms with Gasteiger partial charge in [-0.25, -0.2) is 4.39 Å². The van der Waals surface area contributed by atoms with Crippen LogP contribution < -0.4 is 10.5 Å². The van der Waals surface area contributed by atoms with Crippen LogP contribution in [0, 0.1) is 0 Å². The average Bonchev–Trinajstić information content (AvgIpc) is 2.86. The number of nitrogens with zero attached hydrogens (tertiary/aromatic N) is 2. The molecule has 0 bridgehead atoms. The van der Waals surface area contributed by atoms with Gasteiger partial charge >= 0.3 is 0 Å². The van der Waals surface area contributed by atoms with E-state index in [4.69, 9.17) is 15.0 Å². The molecule has 1 aromatic heterocycles. The van der Waals surface area contributed by atoms with E-state index in [0.717, 1.165) is 0 Å². The van der Waals surface area contributed by atoms with Crippen LogP contribution >= 0.6 is 0 Å². The molecule has 2 N–H and O–H groups in total. The number of hydrogen-bond acceptors (Lipinski definition) is 5. The van der Waals surface area contributed by atoms with Crippen LogP contribution in [0.25, 0.3) is 11.4 Å². The molecule has 18 heavy (non-hydrogen) atoms. The Bertz CT molecular complexity index is 540. The number of aromatic nitrogens is 2. The van der Waals surface area contributed by atoms with Crippen molar-refractivity contribution in [1.29, 1.82) is 0 Å². The van der Waals surface area contributed by atoms with E-state index in [1.165, 1.54) is 14.0 Å². The maximum absolute atomic E-state index is 13.7. The number of methoxy groups -OCH3 is 1. The van der Waals surface area contributed by atoms with Gasteiger partial charge in [0, 0.05) is 11.1 Å². The molecular formula is C12H14FN3O2. The average molecular weight is 251 g/mol. The Morgan fingerprint density at radius 1 is 1.50 bits per heavy atom. The van der Waals surface area contributed by atoms with Gasteiger partial charge in [0.1, 0.15) is 11.9 Å². The standard InChI is InChI=1S/C12H14FN3O2/c1-7(13)11-8(4-3-5-9(11)17-2)12-15-10(6-14)18-16-12/h3-5,7H,6,14H2,1-2H3. The van der Waals surface area contributed by atoms with Crippen LogP contribution in [0.15, 0.2) is 22.7 Å². The second-order valence-electron chi connectivity index (χ2n) is 3.75. The number of hydrogen-bond donors (Lipinski definition) is 1. The number of benzene rings is 1. The van der Waals surface area contributed by atoms with Crippen LogP contribution in [0.1, 0.15) is 24.5 Å². The number of ether oxygens (including phenoxy) is 1. The third-order valence-electron chi connectivity index (χ3n) is 2.57. The Kier molecular flexibility index (Phi) is 3.57. The monoisotopic (exact) mass is 251 g/mol. The van der Waals surface area contributed by atoms with E-state index >= 15 is 0 Å². The Labute approximate surface area is 104 Å². The lowest BCUT2D eigenvalue weighted by Gasteiger charge is -2.12. The molecule has 0 aliphatic carbocycles. The summed E-state index contributed by atoms with van der Waals surface area (Å²) >= 11 is 0. The van der Waals surface area contributed by atoms with Gasteiger partial charge in [-0.3, -0.25) is 0 Å². The summed E-state index contributed by atoms with van der Waals surface area (Å²) in [6, 6.07) is 5.16. The van der Waals surface area contributed by atoms with Gasteiger partial charge in [-0.2, -0.15) is 4.98 Å². The molecule has 1 atom stereocenters. The molecule has 6 heteroatoms. The van der Waals surface area contributed by atoms with E-state index in [1.54, 1.807) is 18.2 Å². The molecule has 0 saturated heterocycles. The Morgan fingerprint density at radius 2 is 2.28 bits per heavy atom. The number of nitrogens with two attached hydrogens (primary N) is 1. The van der Waals surface area contributed by atoms with Gasteiger partial charge in [0.15, 0.2) is 0 Å². The highest BCUT2D eigenvalue weighted by molar-refractivity contribution is 5.64. The SMILES string of the molecule is COc1cccc(-c2noc(CN)n2)c1C(C)F. The predicted octanol–water partition coefficient (Wildman–Crippen LogP) is 2.23. The maximum atomic E-state index is 13.7. The highest BCUT2D eigenvalue weighted by Crippen LogP contribution is 2.35. The van der Waals surface area contributed by atoms with Crippen molar-refractivity contribution < 1.29 is 13.7 Å². The van der Waals surface area contributed by atoms with E-state index in [1.807, 2.05) is 0 Å². The third kappa shape index (κ3) is 2.19. The zero-order valence-electron chi connectivity index (χ0n) is 10.2. The van der Waals surface area contributed by atoms with Crippen LogP contribution in [0.3, 0.4) is 0 Å². The van der Waals surface area contributed by atoms with E-state index in [0.29, 0.717) is 28.6 Å². The molecule has 0 aliphatic rings. The topological polar surface area (TPSA) is 74.2 Å². The van der Waals surface area contributed by atoms with Gasteiger partial charge in [-0.1, -0.05) is 17.3 Å². The largest absolute Gasteiger partial charge is 0.496 e. The zero-order chi connectivity index (χ0) is 13.1. The van der Waals surface area contributed by atoms with Gasteiger partial charge < -0.3 is 15.0 Å². The number of rotatable bonds is 4. The predicted molar refractivity (Wildman–Crippen MR) is 63.7 cm³/mol. The van der Waals surface area contributed by atoms with Crippen molar-refractivity contribution in [2.45, 2.75) is 19.6 Å². The lowest BCUT2D eigenvalue weighted by Crippen LogP contribution is -1.98. The van der Waals surface area contributed by atoms with Crippen molar-refractivity contribution in [2.24, 2.45) is 5.73 Å². The molecule has 1 unspecified atom stereocenters. The van der Waals surface area contributed by atoms with Crippen molar-refractivity contribution in [3.63, 3.8) is 0 Å². The lowest BCUT2D eigenvalue weighted by molar-refractivity contribution is 0.347. The van der Waals surface area contributed by atoms with Gasteiger partial charge in [-0.05, 0) is 13.0 Å². The van der Waals surface area contributed by atoms with Crippen molar-refractivity contribution in [2.75, 3.05) is 7.11 Å². The Balaban J connectivity index is 2.55. The summed E-state index contributed by atoms with van der Waals surface area (Å²) < 4.78 is 23.8. The first-order valence-electron chi connectivity index (χ1n) is 5.51. The molecule has 96 valence electrons. The van der Waals surface area contributed by atoms with Gasteiger partial charge in [0.2, 0.25) is 11.7 Å². The first-order valence-corrected chi connectivity index (χ1v) is 5.51. The fourth-order valence-electron chi connectivity index (χ4n) is 1.77. The first-order chi connectivity index (χ1) is 8.67. The molecule has 0 amide bonds. The lowest BCUT2D eigenvalue weighted by atomic mass is 10.0. The van der Waals surface area contributed by atoms with Gasteiger partial charge in [0.25, 0.3) is 0 Å². The molecule has 0 saturated carbocycles. The quantitative estimate of drug-likeness (QED) is 0.901. The fraction of sp³-hybridized carbons (Fsp3) is 0.333. The molecule has 0 fully saturated rings. The molecule has 0 radical (unpaired) electrons. The summed E-state index contributed by atoms with van der Waals surface area (Å²) in [4.78, 5) is 4.09. The summed E-state index contributed by atoms with van der Waals surface area (Å²) in [7, 11) is 1.49. The smallest absolute Gasteiger partial charge is 0.240 e. The summed E-state index contributed by atoms with van der Waals surface area (Å²) in [6.07, 6.45) is -1.20. The molecule has 0 aliphatic heterocycles. The summed E-state index contributed by atoms with van der Waals surface area (Å²) in [6.45, 7) is 1.59.